The molecule has 2 N–H and O–H groups in total. The first-order valence-electron chi connectivity index (χ1n) is 7.32. The fourth-order valence-electron chi connectivity index (χ4n) is 3.30. The Morgan fingerprint density at radius 2 is 2.05 bits per heavy atom. The van der Waals surface area contributed by atoms with Crippen molar-refractivity contribution in [2.45, 2.75) is 56.7 Å². The SMILES string of the molecule is CCOC(=O)C1(N)CCC(N2CCC(OC)CC2)C1. The molecule has 2 atom stereocenters. The quantitative estimate of drug-likeness (QED) is 0.769. The molecule has 0 aromatic heterocycles. The lowest BCUT2D eigenvalue weighted by molar-refractivity contribution is -0.149. The van der Waals surface area contributed by atoms with Gasteiger partial charge in [-0.15, -0.1) is 0 Å². The molecule has 2 aliphatic rings. The molecule has 0 amide bonds. The summed E-state index contributed by atoms with van der Waals surface area (Å²) >= 11 is 0. The molecule has 1 aliphatic heterocycles. The van der Waals surface area contributed by atoms with Gasteiger partial charge in [0.25, 0.3) is 0 Å². The third-order valence-corrected chi connectivity index (χ3v) is 4.53. The molecule has 2 rings (SSSR count). The Labute approximate surface area is 115 Å². The predicted octanol–water partition coefficient (Wildman–Crippen LogP) is 0.910. The second kappa shape index (κ2) is 6.20. The van der Waals surface area contributed by atoms with E-state index in [0.29, 0.717) is 18.8 Å². The number of carbonyl (C=O) groups excluding carboxylic acids is 1. The van der Waals surface area contributed by atoms with Crippen LogP contribution < -0.4 is 5.73 Å². The van der Waals surface area contributed by atoms with E-state index < -0.39 is 5.54 Å². The summed E-state index contributed by atoms with van der Waals surface area (Å²) in [4.78, 5) is 14.4. The van der Waals surface area contributed by atoms with Gasteiger partial charge in [0.2, 0.25) is 0 Å². The van der Waals surface area contributed by atoms with Gasteiger partial charge in [0.1, 0.15) is 5.54 Å². The average Bonchev–Trinajstić information content (AvgIpc) is 2.83. The molecule has 2 unspecified atom stereocenters. The van der Waals surface area contributed by atoms with Crippen LogP contribution >= 0.6 is 0 Å². The zero-order valence-electron chi connectivity index (χ0n) is 12.1. The summed E-state index contributed by atoms with van der Waals surface area (Å²) < 4.78 is 10.5. The minimum Gasteiger partial charge on any atom is -0.465 e. The minimum atomic E-state index is -0.765. The topological polar surface area (TPSA) is 64.8 Å². The van der Waals surface area contributed by atoms with E-state index in [1.807, 2.05) is 6.92 Å². The number of hydrogen-bond donors (Lipinski definition) is 1. The van der Waals surface area contributed by atoms with Gasteiger partial charge in [-0.3, -0.25) is 4.79 Å². The van der Waals surface area contributed by atoms with Gasteiger partial charge in [0.15, 0.2) is 0 Å². The Balaban J connectivity index is 1.86. The number of hydrogen-bond acceptors (Lipinski definition) is 5. The monoisotopic (exact) mass is 270 g/mol. The standard InChI is InChI=1S/C14H26N2O3/c1-3-19-13(17)14(15)7-4-11(10-14)16-8-5-12(18-2)6-9-16/h11-12H,3-10,15H2,1-2H3. The van der Waals surface area contributed by atoms with Crippen LogP contribution in [0.2, 0.25) is 0 Å². The van der Waals surface area contributed by atoms with Crippen molar-refractivity contribution in [2.75, 3.05) is 26.8 Å². The summed E-state index contributed by atoms with van der Waals surface area (Å²) in [6.07, 6.45) is 5.00. The number of carbonyl (C=O) groups is 1. The number of rotatable bonds is 4. The van der Waals surface area contributed by atoms with Gasteiger partial charge in [-0.2, -0.15) is 0 Å². The largest absolute Gasteiger partial charge is 0.465 e. The lowest BCUT2D eigenvalue weighted by Gasteiger charge is -2.36. The maximum Gasteiger partial charge on any atom is 0.326 e. The summed E-state index contributed by atoms with van der Waals surface area (Å²) in [5.41, 5.74) is 5.45. The molecule has 5 nitrogen and oxygen atoms in total. The number of ether oxygens (including phenoxy) is 2. The first-order valence-corrected chi connectivity index (χ1v) is 7.32. The van der Waals surface area contributed by atoms with Crippen molar-refractivity contribution in [1.82, 2.24) is 4.90 Å². The normalized spacial score (nSPS) is 33.5. The molecule has 1 saturated heterocycles. The molecule has 0 aromatic carbocycles. The van der Waals surface area contributed by atoms with Crippen LogP contribution in [0.25, 0.3) is 0 Å². The highest BCUT2D eigenvalue weighted by molar-refractivity contribution is 5.81. The Morgan fingerprint density at radius 1 is 1.37 bits per heavy atom. The molecule has 5 heteroatoms. The van der Waals surface area contributed by atoms with Crippen LogP contribution in [-0.4, -0.2) is 55.4 Å². The Morgan fingerprint density at radius 3 is 2.63 bits per heavy atom. The predicted molar refractivity (Wildman–Crippen MR) is 72.8 cm³/mol. The molecule has 0 spiro atoms. The zero-order valence-corrected chi connectivity index (χ0v) is 12.1. The van der Waals surface area contributed by atoms with Crippen molar-refractivity contribution in [1.29, 1.82) is 0 Å². The van der Waals surface area contributed by atoms with Crippen molar-refractivity contribution >= 4 is 5.97 Å². The third-order valence-electron chi connectivity index (χ3n) is 4.53. The van der Waals surface area contributed by atoms with Gasteiger partial charge < -0.3 is 20.1 Å². The number of methoxy groups -OCH3 is 1. The zero-order chi connectivity index (χ0) is 13.9. The van der Waals surface area contributed by atoms with Gasteiger partial charge in [-0.1, -0.05) is 0 Å². The molecule has 0 aromatic rings. The van der Waals surface area contributed by atoms with Crippen LogP contribution in [0.5, 0.6) is 0 Å². The summed E-state index contributed by atoms with van der Waals surface area (Å²) in [6.45, 7) is 4.31. The number of nitrogens with zero attached hydrogens (tertiary/aromatic N) is 1. The van der Waals surface area contributed by atoms with Gasteiger partial charge in [0, 0.05) is 26.2 Å². The second-order valence-corrected chi connectivity index (χ2v) is 5.74. The minimum absolute atomic E-state index is 0.232. The van der Waals surface area contributed by atoms with Crippen LogP contribution in [0, 0.1) is 0 Å². The Bertz CT molecular complexity index is 316. The molecule has 1 saturated carbocycles. The highest BCUT2D eigenvalue weighted by Gasteiger charge is 2.45. The maximum absolute atomic E-state index is 11.9. The van der Waals surface area contributed by atoms with Crippen molar-refractivity contribution in [3.8, 4) is 0 Å². The molecule has 0 radical (unpaired) electrons. The lowest BCUT2D eigenvalue weighted by Crippen LogP contribution is -2.49. The van der Waals surface area contributed by atoms with E-state index in [9.17, 15) is 4.79 Å². The maximum atomic E-state index is 11.9. The van der Waals surface area contributed by atoms with Crippen molar-refractivity contribution in [3.05, 3.63) is 0 Å². The van der Waals surface area contributed by atoms with Crippen molar-refractivity contribution < 1.29 is 14.3 Å². The van der Waals surface area contributed by atoms with Crippen LogP contribution in [0.15, 0.2) is 0 Å². The molecule has 2 fully saturated rings. The summed E-state index contributed by atoms with van der Waals surface area (Å²) in [5.74, 6) is -0.232. The average molecular weight is 270 g/mol. The summed E-state index contributed by atoms with van der Waals surface area (Å²) in [5, 5.41) is 0. The second-order valence-electron chi connectivity index (χ2n) is 5.74. The first kappa shape index (κ1) is 14.8. The van der Waals surface area contributed by atoms with E-state index in [-0.39, 0.29) is 5.97 Å². The van der Waals surface area contributed by atoms with E-state index in [1.165, 1.54) is 0 Å². The number of piperidine rings is 1. The van der Waals surface area contributed by atoms with Crippen LogP contribution in [0.4, 0.5) is 0 Å². The summed E-state index contributed by atoms with van der Waals surface area (Å²) in [6, 6.07) is 0.423. The van der Waals surface area contributed by atoms with E-state index in [4.69, 9.17) is 15.2 Å². The van der Waals surface area contributed by atoms with Gasteiger partial charge in [-0.25, -0.2) is 0 Å². The summed E-state index contributed by atoms with van der Waals surface area (Å²) in [7, 11) is 1.78. The Hall–Kier alpha value is -0.650. The smallest absolute Gasteiger partial charge is 0.326 e. The number of likely N-dealkylation sites (tertiary alicyclic amines) is 1. The fraction of sp³-hybridized carbons (Fsp3) is 0.929. The first-order chi connectivity index (χ1) is 9.09. The van der Waals surface area contributed by atoms with Gasteiger partial charge in [0.05, 0.1) is 12.7 Å². The van der Waals surface area contributed by atoms with Gasteiger partial charge in [-0.05, 0) is 39.0 Å². The molecule has 1 heterocycles. The molecule has 1 aliphatic carbocycles. The van der Waals surface area contributed by atoms with E-state index in [0.717, 1.165) is 45.2 Å². The third kappa shape index (κ3) is 3.27. The van der Waals surface area contributed by atoms with Crippen LogP contribution in [0.1, 0.15) is 39.0 Å². The number of esters is 1. The highest BCUT2D eigenvalue weighted by Crippen LogP contribution is 2.33. The fourth-order valence-corrected chi connectivity index (χ4v) is 3.30. The lowest BCUT2D eigenvalue weighted by atomic mass is 9.98. The van der Waals surface area contributed by atoms with Gasteiger partial charge >= 0.3 is 5.97 Å². The van der Waals surface area contributed by atoms with Crippen LogP contribution in [-0.2, 0) is 14.3 Å². The van der Waals surface area contributed by atoms with E-state index in [2.05, 4.69) is 4.90 Å². The van der Waals surface area contributed by atoms with Crippen LogP contribution in [0.3, 0.4) is 0 Å². The highest BCUT2D eigenvalue weighted by atomic mass is 16.5. The Kier molecular flexibility index (Phi) is 4.81. The molecule has 19 heavy (non-hydrogen) atoms. The molecular weight excluding hydrogens is 244 g/mol. The van der Waals surface area contributed by atoms with Crippen molar-refractivity contribution in [3.63, 3.8) is 0 Å². The molecular formula is C14H26N2O3. The molecule has 0 bridgehead atoms. The van der Waals surface area contributed by atoms with E-state index >= 15 is 0 Å². The number of nitrogens with two attached hydrogens (primary N) is 1. The molecule has 110 valence electrons. The van der Waals surface area contributed by atoms with Crippen molar-refractivity contribution in [2.24, 2.45) is 5.73 Å². The van der Waals surface area contributed by atoms with E-state index in [1.54, 1.807) is 7.11 Å².